The summed E-state index contributed by atoms with van der Waals surface area (Å²) in [5, 5.41) is 4.70. The van der Waals surface area contributed by atoms with Gasteiger partial charge in [-0.25, -0.2) is 9.78 Å². The first-order chi connectivity index (χ1) is 12.5. The molecule has 1 saturated heterocycles. The second-order valence-corrected chi connectivity index (χ2v) is 7.21. The van der Waals surface area contributed by atoms with Gasteiger partial charge in [0.05, 0.1) is 12.2 Å². The highest BCUT2D eigenvalue weighted by atomic mass is 16.2. The molecule has 1 aromatic rings. The summed E-state index contributed by atoms with van der Waals surface area (Å²) in [6, 6.07) is -1.39. The Balaban J connectivity index is 1.50. The second kappa shape index (κ2) is 6.54. The summed E-state index contributed by atoms with van der Waals surface area (Å²) >= 11 is 0. The fraction of sp³-hybridized carbons (Fsp3) is 0.588. The van der Waals surface area contributed by atoms with Crippen molar-refractivity contribution in [2.45, 2.75) is 51.1 Å². The number of imide groups is 1. The van der Waals surface area contributed by atoms with E-state index in [9.17, 15) is 19.2 Å². The minimum Gasteiger partial charge on any atom is -0.335 e. The van der Waals surface area contributed by atoms with Crippen LogP contribution < -0.4 is 16.2 Å². The second-order valence-electron chi connectivity index (χ2n) is 7.21. The van der Waals surface area contributed by atoms with Crippen molar-refractivity contribution >= 4 is 17.8 Å². The average molecular weight is 359 g/mol. The number of fused-ring (bicyclic) bond motifs is 1. The van der Waals surface area contributed by atoms with E-state index in [0.717, 1.165) is 6.42 Å². The maximum absolute atomic E-state index is 12.8. The van der Waals surface area contributed by atoms with E-state index in [1.54, 1.807) is 4.90 Å². The van der Waals surface area contributed by atoms with Gasteiger partial charge in [0.1, 0.15) is 11.9 Å². The lowest BCUT2D eigenvalue weighted by atomic mass is 10.0. The zero-order valence-corrected chi connectivity index (χ0v) is 14.3. The molecule has 0 spiro atoms. The van der Waals surface area contributed by atoms with Gasteiger partial charge in [-0.15, -0.1) is 0 Å². The molecule has 4 rings (SSSR count). The summed E-state index contributed by atoms with van der Waals surface area (Å²) in [6.07, 6.45) is 3.91. The van der Waals surface area contributed by atoms with Gasteiger partial charge in [-0.2, -0.15) is 0 Å². The zero-order valence-electron chi connectivity index (χ0n) is 14.3. The molecule has 138 valence electrons. The maximum atomic E-state index is 12.8. The van der Waals surface area contributed by atoms with E-state index in [4.69, 9.17) is 0 Å². The summed E-state index contributed by atoms with van der Waals surface area (Å²) in [5.74, 6) is 0.651. The molecule has 1 aliphatic carbocycles. The molecular weight excluding hydrogens is 338 g/mol. The zero-order chi connectivity index (χ0) is 18.3. The quantitative estimate of drug-likeness (QED) is 0.677. The molecule has 0 radical (unpaired) electrons. The third kappa shape index (κ3) is 3.47. The van der Waals surface area contributed by atoms with Crippen molar-refractivity contribution in [1.82, 2.24) is 25.5 Å². The first kappa shape index (κ1) is 16.7. The number of hydrogen-bond acceptors (Lipinski definition) is 5. The summed E-state index contributed by atoms with van der Waals surface area (Å²) in [6.45, 7) is 0.649. The van der Waals surface area contributed by atoms with Crippen molar-refractivity contribution < 1.29 is 14.4 Å². The van der Waals surface area contributed by atoms with Crippen LogP contribution in [0.2, 0.25) is 0 Å². The van der Waals surface area contributed by atoms with Gasteiger partial charge in [0.15, 0.2) is 0 Å². The Bertz CT molecular complexity index is 829. The van der Waals surface area contributed by atoms with E-state index in [2.05, 4.69) is 20.6 Å². The lowest BCUT2D eigenvalue weighted by Crippen LogP contribution is -2.51. The van der Waals surface area contributed by atoms with Crippen LogP contribution in [0.15, 0.2) is 4.79 Å². The highest BCUT2D eigenvalue weighted by Crippen LogP contribution is 2.31. The standard InChI is InChI=1S/C17H21N5O4/c23-14-4-3-11(19-17(26)21-14)16(25)22-6-5-10-12(8-22)18-13(20-15(10)24)7-9-1-2-9/h9,11H,1-8H2,(H,18,20,24)(H2,19,21,23,26)/t11-/m0/s1. The van der Waals surface area contributed by atoms with Gasteiger partial charge in [0, 0.05) is 24.9 Å². The Morgan fingerprint density at radius 3 is 2.73 bits per heavy atom. The summed E-state index contributed by atoms with van der Waals surface area (Å²) in [4.78, 5) is 57.2. The van der Waals surface area contributed by atoms with Crippen molar-refractivity contribution in [2.24, 2.45) is 5.92 Å². The highest BCUT2D eigenvalue weighted by Gasteiger charge is 2.32. The number of amides is 4. The molecule has 2 aliphatic heterocycles. The third-order valence-corrected chi connectivity index (χ3v) is 5.13. The van der Waals surface area contributed by atoms with Gasteiger partial charge < -0.3 is 15.2 Å². The van der Waals surface area contributed by atoms with Gasteiger partial charge in [-0.3, -0.25) is 19.7 Å². The summed E-state index contributed by atoms with van der Waals surface area (Å²) < 4.78 is 0. The highest BCUT2D eigenvalue weighted by molar-refractivity contribution is 5.98. The van der Waals surface area contributed by atoms with Crippen LogP contribution in [-0.4, -0.2) is 45.3 Å². The van der Waals surface area contributed by atoms with E-state index in [1.165, 1.54) is 12.8 Å². The minimum atomic E-state index is -0.740. The monoisotopic (exact) mass is 359 g/mol. The predicted molar refractivity (Wildman–Crippen MR) is 90.1 cm³/mol. The average Bonchev–Trinajstić information content (AvgIpc) is 3.42. The number of urea groups is 1. The third-order valence-electron chi connectivity index (χ3n) is 5.13. The number of nitrogens with zero attached hydrogens (tertiary/aromatic N) is 2. The van der Waals surface area contributed by atoms with E-state index in [1.807, 2.05) is 0 Å². The topological polar surface area (TPSA) is 124 Å². The minimum absolute atomic E-state index is 0.114. The fourth-order valence-electron chi connectivity index (χ4n) is 3.51. The predicted octanol–water partition coefficient (Wildman–Crippen LogP) is -0.405. The van der Waals surface area contributed by atoms with Crippen LogP contribution in [0, 0.1) is 5.92 Å². The van der Waals surface area contributed by atoms with Gasteiger partial charge in [0.25, 0.3) is 5.56 Å². The number of carbonyl (C=O) groups excluding carboxylic acids is 3. The van der Waals surface area contributed by atoms with Crippen LogP contribution in [0.25, 0.3) is 0 Å². The van der Waals surface area contributed by atoms with E-state index >= 15 is 0 Å². The SMILES string of the molecule is O=C1CC[C@@H](C(=O)N2CCc3c(nc(CC4CC4)[nH]c3=O)C2)NC(=O)N1. The smallest absolute Gasteiger partial charge is 0.322 e. The van der Waals surface area contributed by atoms with Crippen LogP contribution in [0.5, 0.6) is 0 Å². The number of H-pyrrole nitrogens is 1. The Kier molecular flexibility index (Phi) is 4.21. The molecule has 0 unspecified atom stereocenters. The van der Waals surface area contributed by atoms with Crippen molar-refractivity contribution in [2.75, 3.05) is 6.54 Å². The normalized spacial score (nSPS) is 22.9. The maximum Gasteiger partial charge on any atom is 0.322 e. The molecule has 1 aromatic heterocycles. The Morgan fingerprint density at radius 1 is 1.15 bits per heavy atom. The van der Waals surface area contributed by atoms with Gasteiger partial charge in [-0.05, 0) is 31.6 Å². The van der Waals surface area contributed by atoms with Crippen molar-refractivity contribution in [3.05, 3.63) is 27.4 Å². The summed E-state index contributed by atoms with van der Waals surface area (Å²) in [5.41, 5.74) is 1.16. The molecule has 3 N–H and O–H groups in total. The Labute approximate surface area is 149 Å². The Hall–Kier alpha value is -2.71. The van der Waals surface area contributed by atoms with Crippen molar-refractivity contribution in [3.8, 4) is 0 Å². The molecule has 9 nitrogen and oxygen atoms in total. The largest absolute Gasteiger partial charge is 0.335 e. The number of carbonyl (C=O) groups is 3. The molecule has 3 aliphatic rings. The molecule has 9 heteroatoms. The molecular formula is C17H21N5O4. The molecule has 0 bridgehead atoms. The molecule has 0 aromatic carbocycles. The van der Waals surface area contributed by atoms with E-state index in [0.29, 0.717) is 36.0 Å². The van der Waals surface area contributed by atoms with Crippen molar-refractivity contribution in [3.63, 3.8) is 0 Å². The molecule has 2 fully saturated rings. The number of aromatic nitrogens is 2. The van der Waals surface area contributed by atoms with Crippen LogP contribution in [-0.2, 0) is 29.0 Å². The molecule has 4 amide bonds. The van der Waals surface area contributed by atoms with Crippen LogP contribution in [0.4, 0.5) is 4.79 Å². The first-order valence-corrected chi connectivity index (χ1v) is 8.99. The van der Waals surface area contributed by atoms with E-state index < -0.39 is 12.1 Å². The van der Waals surface area contributed by atoms with Gasteiger partial charge in [0.2, 0.25) is 11.8 Å². The molecule has 1 saturated carbocycles. The van der Waals surface area contributed by atoms with E-state index in [-0.39, 0.29) is 36.8 Å². The van der Waals surface area contributed by atoms with Gasteiger partial charge in [-0.1, -0.05) is 0 Å². The lowest BCUT2D eigenvalue weighted by Gasteiger charge is -2.30. The van der Waals surface area contributed by atoms with Crippen LogP contribution >= 0.6 is 0 Å². The van der Waals surface area contributed by atoms with Crippen LogP contribution in [0.3, 0.4) is 0 Å². The molecule has 3 heterocycles. The van der Waals surface area contributed by atoms with Gasteiger partial charge >= 0.3 is 6.03 Å². The first-order valence-electron chi connectivity index (χ1n) is 8.99. The summed E-state index contributed by atoms with van der Waals surface area (Å²) in [7, 11) is 0. The Morgan fingerprint density at radius 2 is 1.96 bits per heavy atom. The van der Waals surface area contributed by atoms with Crippen molar-refractivity contribution in [1.29, 1.82) is 0 Å². The number of rotatable bonds is 3. The fourth-order valence-corrected chi connectivity index (χ4v) is 3.51. The lowest BCUT2D eigenvalue weighted by molar-refractivity contribution is -0.134. The molecule has 1 atom stereocenters. The number of hydrogen-bond donors (Lipinski definition) is 3. The number of aromatic amines is 1. The van der Waals surface area contributed by atoms with Crippen LogP contribution in [0.1, 0.15) is 42.8 Å². The number of nitrogens with one attached hydrogen (secondary N) is 3. The molecule has 26 heavy (non-hydrogen) atoms.